The molecule has 0 bridgehead atoms. The molecule has 2 aromatic rings. The lowest BCUT2D eigenvalue weighted by molar-refractivity contribution is -0.163. The highest BCUT2D eigenvalue weighted by atomic mass is 32.2. The summed E-state index contributed by atoms with van der Waals surface area (Å²) in [5.41, 5.74) is -3.78. The second-order valence-corrected chi connectivity index (χ2v) is 12.1. The van der Waals surface area contributed by atoms with Gasteiger partial charge in [-0.2, -0.15) is 26.3 Å². The number of carbonyl (C=O) groups excluding carboxylic acids is 2. The van der Waals surface area contributed by atoms with Gasteiger partial charge in [0.05, 0.1) is 37.0 Å². The molecule has 7 nitrogen and oxygen atoms in total. The quantitative estimate of drug-likeness (QED) is 0.186. The molecule has 0 aromatic heterocycles. The third kappa shape index (κ3) is 9.88. The number of hydrogen-bond donors (Lipinski definition) is 1. The smallest absolute Gasteiger partial charge is 0.418 e. The molecule has 4 rings (SSSR count). The van der Waals surface area contributed by atoms with Crippen molar-refractivity contribution in [3.63, 3.8) is 0 Å². The van der Waals surface area contributed by atoms with E-state index in [2.05, 4.69) is 5.32 Å². The number of hydrogen-bond acceptors (Lipinski definition) is 7. The number of likely N-dealkylation sites (tertiary alicyclic amines) is 1. The lowest BCUT2D eigenvalue weighted by Gasteiger charge is -2.32. The molecule has 246 valence electrons. The maximum absolute atomic E-state index is 14.3. The van der Waals surface area contributed by atoms with E-state index in [1.807, 2.05) is 4.90 Å². The summed E-state index contributed by atoms with van der Waals surface area (Å²) >= 11 is 0.583. The molecule has 2 saturated heterocycles. The Morgan fingerprint density at radius 3 is 2.29 bits per heavy atom. The first-order chi connectivity index (χ1) is 21.2. The number of esters is 1. The minimum absolute atomic E-state index is 0.0384. The SMILES string of the molecule is CC(C)OC(=O)CN1CCC(Nc2cccc(Sc3ccc(/C=C/C(=O)N4CCOCC4)c(C(F)(F)F)c3C(F)(F)F)c2)CC1. The predicted molar refractivity (Wildman–Crippen MR) is 158 cm³/mol. The van der Waals surface area contributed by atoms with Crippen molar-refractivity contribution in [2.75, 3.05) is 51.3 Å². The average molecular weight is 660 g/mol. The van der Waals surface area contributed by atoms with E-state index in [1.54, 1.807) is 32.0 Å². The summed E-state index contributed by atoms with van der Waals surface area (Å²) in [4.78, 5) is 27.4. The number of nitrogens with zero attached hydrogens (tertiary/aromatic N) is 2. The molecule has 2 aliphatic rings. The van der Waals surface area contributed by atoms with Gasteiger partial charge in [0.1, 0.15) is 0 Å². The summed E-state index contributed by atoms with van der Waals surface area (Å²) in [6.07, 6.45) is -7.79. The van der Waals surface area contributed by atoms with E-state index in [0.29, 0.717) is 48.3 Å². The largest absolute Gasteiger partial charge is 0.462 e. The number of amides is 1. The van der Waals surface area contributed by atoms with Crippen molar-refractivity contribution in [1.82, 2.24) is 9.80 Å². The molecule has 1 amide bonds. The van der Waals surface area contributed by atoms with Crippen molar-refractivity contribution < 1.29 is 45.4 Å². The fourth-order valence-electron chi connectivity index (χ4n) is 5.19. The van der Waals surface area contributed by atoms with Crippen LogP contribution in [-0.4, -0.2) is 79.8 Å². The van der Waals surface area contributed by atoms with Crippen molar-refractivity contribution in [3.05, 3.63) is 59.2 Å². The van der Waals surface area contributed by atoms with Crippen LogP contribution in [0.2, 0.25) is 0 Å². The van der Waals surface area contributed by atoms with Crippen LogP contribution in [0.25, 0.3) is 6.08 Å². The number of ether oxygens (including phenoxy) is 2. The Morgan fingerprint density at radius 1 is 1.00 bits per heavy atom. The Kier molecular flexibility index (Phi) is 11.5. The van der Waals surface area contributed by atoms with Gasteiger partial charge < -0.3 is 19.7 Å². The monoisotopic (exact) mass is 659 g/mol. The van der Waals surface area contributed by atoms with Gasteiger partial charge >= 0.3 is 18.3 Å². The number of piperidine rings is 1. The Hall–Kier alpha value is -3.23. The molecule has 0 radical (unpaired) electrons. The van der Waals surface area contributed by atoms with Crippen molar-refractivity contribution in [2.45, 2.75) is 61.0 Å². The Bertz CT molecular complexity index is 1370. The molecular weight excluding hydrogens is 624 g/mol. The zero-order valence-corrected chi connectivity index (χ0v) is 25.7. The van der Waals surface area contributed by atoms with Crippen LogP contribution in [0.3, 0.4) is 0 Å². The number of rotatable bonds is 9. The Balaban J connectivity index is 1.51. The van der Waals surface area contributed by atoms with Crippen molar-refractivity contribution >= 4 is 35.4 Å². The number of alkyl halides is 6. The first kappa shape index (κ1) is 34.6. The van der Waals surface area contributed by atoms with E-state index in [9.17, 15) is 35.9 Å². The van der Waals surface area contributed by atoms with Crippen LogP contribution in [0.5, 0.6) is 0 Å². The number of morpholine rings is 1. The topological polar surface area (TPSA) is 71.1 Å². The molecule has 2 aromatic carbocycles. The molecule has 2 aliphatic heterocycles. The second-order valence-electron chi connectivity index (χ2n) is 11.0. The van der Waals surface area contributed by atoms with Gasteiger partial charge in [-0.25, -0.2) is 0 Å². The van der Waals surface area contributed by atoms with Crippen LogP contribution >= 0.6 is 11.8 Å². The van der Waals surface area contributed by atoms with E-state index in [-0.39, 0.29) is 51.0 Å². The summed E-state index contributed by atoms with van der Waals surface area (Å²) in [6.45, 7) is 6.06. The zero-order chi connectivity index (χ0) is 32.8. The number of carbonyl (C=O) groups is 2. The van der Waals surface area contributed by atoms with Crippen LogP contribution in [0.15, 0.2) is 52.3 Å². The number of benzene rings is 2. The van der Waals surface area contributed by atoms with Crippen LogP contribution in [0.4, 0.5) is 32.0 Å². The number of nitrogens with one attached hydrogen (secondary N) is 1. The van der Waals surface area contributed by atoms with E-state index >= 15 is 0 Å². The summed E-state index contributed by atoms with van der Waals surface area (Å²) in [5, 5.41) is 3.35. The molecule has 14 heteroatoms. The van der Waals surface area contributed by atoms with Crippen LogP contribution in [0.1, 0.15) is 43.4 Å². The molecule has 2 fully saturated rings. The minimum atomic E-state index is -5.34. The zero-order valence-electron chi connectivity index (χ0n) is 24.8. The van der Waals surface area contributed by atoms with Gasteiger partial charge in [0, 0.05) is 53.8 Å². The molecule has 0 atom stereocenters. The molecule has 0 spiro atoms. The lowest BCUT2D eigenvalue weighted by Crippen LogP contribution is -2.42. The molecule has 45 heavy (non-hydrogen) atoms. The fraction of sp³-hybridized carbons (Fsp3) is 0.484. The van der Waals surface area contributed by atoms with Crippen molar-refractivity contribution in [1.29, 1.82) is 0 Å². The summed E-state index contributed by atoms with van der Waals surface area (Å²) in [5.74, 6) is -0.902. The average Bonchev–Trinajstić information content (AvgIpc) is 2.96. The summed E-state index contributed by atoms with van der Waals surface area (Å²) in [6, 6.07) is 8.48. The summed E-state index contributed by atoms with van der Waals surface area (Å²) in [7, 11) is 0. The Morgan fingerprint density at radius 2 is 1.67 bits per heavy atom. The van der Waals surface area contributed by atoms with Gasteiger partial charge in [0.15, 0.2) is 0 Å². The van der Waals surface area contributed by atoms with Crippen molar-refractivity contribution in [3.8, 4) is 0 Å². The van der Waals surface area contributed by atoms with Gasteiger partial charge in [-0.15, -0.1) is 0 Å². The third-order valence-electron chi connectivity index (χ3n) is 7.23. The normalized spacial score (nSPS) is 17.2. The van der Waals surface area contributed by atoms with Crippen molar-refractivity contribution in [2.24, 2.45) is 0 Å². The predicted octanol–water partition coefficient (Wildman–Crippen LogP) is 6.58. The first-order valence-electron chi connectivity index (χ1n) is 14.5. The van der Waals surface area contributed by atoms with E-state index in [0.717, 1.165) is 24.3 Å². The van der Waals surface area contributed by atoms with E-state index < -0.39 is 39.8 Å². The van der Waals surface area contributed by atoms with Gasteiger partial charge in [0.25, 0.3) is 0 Å². The van der Waals surface area contributed by atoms with Crippen LogP contribution in [0, 0.1) is 0 Å². The molecule has 2 heterocycles. The molecule has 0 saturated carbocycles. The van der Waals surface area contributed by atoms with E-state index in [4.69, 9.17) is 9.47 Å². The van der Waals surface area contributed by atoms with Gasteiger partial charge in [-0.3, -0.25) is 14.5 Å². The number of halogens is 6. The Labute approximate surface area is 261 Å². The second kappa shape index (κ2) is 14.9. The molecule has 0 aliphatic carbocycles. The van der Waals surface area contributed by atoms with E-state index in [1.165, 1.54) is 11.0 Å². The lowest BCUT2D eigenvalue weighted by atomic mass is 9.99. The molecule has 1 N–H and O–H groups in total. The van der Waals surface area contributed by atoms with Gasteiger partial charge in [0.2, 0.25) is 5.91 Å². The van der Waals surface area contributed by atoms with Crippen LogP contribution in [-0.2, 0) is 31.4 Å². The first-order valence-corrected chi connectivity index (χ1v) is 15.3. The highest BCUT2D eigenvalue weighted by Crippen LogP contribution is 2.48. The van der Waals surface area contributed by atoms with Crippen LogP contribution < -0.4 is 5.32 Å². The summed E-state index contributed by atoms with van der Waals surface area (Å²) < 4.78 is 95.9. The minimum Gasteiger partial charge on any atom is -0.462 e. The standard InChI is InChI=1S/C31H35F6N3O4S/c1-20(2)44-27(42)19-39-12-10-22(11-13-39)38-23-4-3-5-24(18-23)45-25-8-6-21(7-9-26(41)40-14-16-43-17-15-40)28(30(32,33)34)29(25)31(35,36)37/h3-9,18,20,22,38H,10-17,19H2,1-2H3/b9-7+. The number of anilines is 1. The fourth-order valence-corrected chi connectivity index (χ4v) is 6.23. The molecule has 0 unspecified atom stereocenters. The van der Waals surface area contributed by atoms with Gasteiger partial charge in [-0.05, 0) is 62.6 Å². The van der Waals surface area contributed by atoms with Gasteiger partial charge in [-0.1, -0.05) is 23.9 Å². The maximum atomic E-state index is 14.3. The third-order valence-corrected chi connectivity index (χ3v) is 8.28. The highest BCUT2D eigenvalue weighted by molar-refractivity contribution is 7.99. The maximum Gasteiger partial charge on any atom is 0.418 e. The highest BCUT2D eigenvalue weighted by Gasteiger charge is 2.46. The molecular formula is C31H35F6N3O4S.